The highest BCUT2D eigenvalue weighted by Gasteiger charge is 2.22. The van der Waals surface area contributed by atoms with Gasteiger partial charge in [-0.05, 0) is 69.3 Å². The van der Waals surface area contributed by atoms with Crippen LogP contribution in [0.15, 0.2) is 47.4 Å². The number of likely N-dealkylation sites (N-methyl/N-ethyl adjacent to an activating group) is 1. The van der Waals surface area contributed by atoms with Gasteiger partial charge in [0.1, 0.15) is 0 Å². The number of thiazole rings is 1. The van der Waals surface area contributed by atoms with E-state index < -0.39 is 15.1 Å². The molecular formula is C25H33N3O3S2. The number of rotatable bonds is 10. The minimum atomic E-state index is -3.33. The molecule has 0 unspecified atom stereocenters. The Morgan fingerprint density at radius 1 is 1.03 bits per heavy atom. The van der Waals surface area contributed by atoms with Crippen molar-refractivity contribution in [1.82, 2.24) is 9.88 Å². The summed E-state index contributed by atoms with van der Waals surface area (Å²) in [5.74, 6) is -0.0441. The first-order valence-electron chi connectivity index (χ1n) is 11.4. The lowest BCUT2D eigenvalue weighted by Crippen LogP contribution is -2.39. The number of anilines is 1. The largest absolute Gasteiger partial charge is 0.302 e. The highest BCUT2D eigenvalue weighted by Crippen LogP contribution is 2.30. The molecule has 1 aromatic heterocycles. The highest BCUT2D eigenvalue weighted by molar-refractivity contribution is 7.92. The molecule has 0 N–H and O–H groups in total. The van der Waals surface area contributed by atoms with Crippen LogP contribution in [-0.2, 0) is 21.1 Å². The maximum Gasteiger partial charge on any atom is 0.233 e. The van der Waals surface area contributed by atoms with Crippen LogP contribution in [0.2, 0.25) is 0 Å². The van der Waals surface area contributed by atoms with E-state index in [0.717, 1.165) is 41.0 Å². The van der Waals surface area contributed by atoms with Gasteiger partial charge in [-0.2, -0.15) is 0 Å². The second-order valence-electron chi connectivity index (χ2n) is 8.45. The molecule has 0 fully saturated rings. The Morgan fingerprint density at radius 2 is 1.70 bits per heavy atom. The molecule has 178 valence electrons. The third-order valence-corrected chi connectivity index (χ3v) is 9.04. The van der Waals surface area contributed by atoms with Crippen molar-refractivity contribution in [2.45, 2.75) is 51.2 Å². The number of fused-ring (bicyclic) bond motifs is 1. The summed E-state index contributed by atoms with van der Waals surface area (Å²) in [6, 6.07) is 12.8. The summed E-state index contributed by atoms with van der Waals surface area (Å²) in [5, 5.41) is 0.218. The zero-order chi connectivity index (χ0) is 24.2. The van der Waals surface area contributed by atoms with E-state index in [1.54, 1.807) is 43.0 Å². The number of aryl methyl sites for hydroxylation is 1. The molecule has 3 aromatic rings. The van der Waals surface area contributed by atoms with Gasteiger partial charge in [-0.15, -0.1) is 0 Å². The van der Waals surface area contributed by atoms with E-state index in [1.807, 2.05) is 19.1 Å². The van der Waals surface area contributed by atoms with E-state index in [1.165, 1.54) is 11.3 Å². The average molecular weight is 488 g/mol. The number of amides is 1. The molecule has 0 bridgehead atoms. The van der Waals surface area contributed by atoms with Crippen LogP contribution in [0.5, 0.6) is 0 Å². The Labute approximate surface area is 201 Å². The predicted octanol–water partition coefficient (Wildman–Crippen LogP) is 4.70. The maximum atomic E-state index is 13.4. The number of aromatic nitrogens is 1. The zero-order valence-corrected chi connectivity index (χ0v) is 21.7. The first-order valence-corrected chi connectivity index (χ1v) is 13.7. The monoisotopic (exact) mass is 487 g/mol. The van der Waals surface area contributed by atoms with Crippen LogP contribution in [0.3, 0.4) is 0 Å². The van der Waals surface area contributed by atoms with Crippen molar-refractivity contribution in [2.75, 3.05) is 31.1 Å². The molecule has 0 saturated heterocycles. The summed E-state index contributed by atoms with van der Waals surface area (Å²) in [6.07, 6.45) is 0.190. The molecule has 1 amide bonds. The molecular weight excluding hydrogens is 454 g/mol. The average Bonchev–Trinajstić information content (AvgIpc) is 3.19. The summed E-state index contributed by atoms with van der Waals surface area (Å²) >= 11 is 1.53. The second-order valence-corrected chi connectivity index (χ2v) is 12.0. The third kappa shape index (κ3) is 5.99. The number of hydrogen-bond acceptors (Lipinski definition) is 6. The lowest BCUT2D eigenvalue weighted by Gasteiger charge is -2.24. The third-order valence-electron chi connectivity index (χ3n) is 5.83. The number of hydrogen-bond donors (Lipinski definition) is 0. The summed E-state index contributed by atoms with van der Waals surface area (Å²) < 4.78 is 25.8. The molecule has 0 aliphatic carbocycles. The van der Waals surface area contributed by atoms with Crippen molar-refractivity contribution >= 4 is 42.4 Å². The van der Waals surface area contributed by atoms with Crippen molar-refractivity contribution in [3.05, 3.63) is 53.6 Å². The molecule has 0 aliphatic rings. The zero-order valence-electron chi connectivity index (χ0n) is 20.0. The van der Waals surface area contributed by atoms with E-state index in [9.17, 15) is 13.2 Å². The number of carbonyl (C=O) groups excluding carboxylic acids is 1. The van der Waals surface area contributed by atoms with Crippen LogP contribution in [0.25, 0.3) is 10.2 Å². The number of carbonyl (C=O) groups is 1. The predicted molar refractivity (Wildman–Crippen MR) is 137 cm³/mol. The quantitative estimate of drug-likeness (QED) is 0.414. The van der Waals surface area contributed by atoms with Crippen LogP contribution in [0.4, 0.5) is 5.13 Å². The summed E-state index contributed by atoms with van der Waals surface area (Å²) in [6.45, 7) is 12.8. The topological polar surface area (TPSA) is 70.6 Å². The minimum Gasteiger partial charge on any atom is -0.302 e. The van der Waals surface area contributed by atoms with Gasteiger partial charge in [0.05, 0.1) is 26.8 Å². The standard InChI is InChI=1S/C25H33N3O3S2/c1-6-27(7-2)14-15-28(25-26-22-13-8-19(5)16-23(22)32-25)24(29)17-20-9-11-21(12-10-20)33(30,31)18(3)4/h8-13,16,18H,6-7,14-15,17H2,1-5H3. The van der Waals surface area contributed by atoms with Gasteiger partial charge in [-0.3, -0.25) is 9.69 Å². The van der Waals surface area contributed by atoms with Crippen LogP contribution in [-0.4, -0.2) is 55.6 Å². The van der Waals surface area contributed by atoms with Crippen LogP contribution in [0.1, 0.15) is 38.8 Å². The van der Waals surface area contributed by atoms with E-state index in [2.05, 4.69) is 24.8 Å². The molecule has 6 nitrogen and oxygen atoms in total. The van der Waals surface area contributed by atoms with Crippen molar-refractivity contribution < 1.29 is 13.2 Å². The van der Waals surface area contributed by atoms with Crippen molar-refractivity contribution in [1.29, 1.82) is 0 Å². The molecule has 2 aromatic carbocycles. The Kier molecular flexibility index (Phi) is 8.26. The fraction of sp³-hybridized carbons (Fsp3) is 0.440. The van der Waals surface area contributed by atoms with Gasteiger partial charge >= 0.3 is 0 Å². The molecule has 1 heterocycles. The molecule has 0 aliphatic heterocycles. The molecule has 0 atom stereocenters. The lowest BCUT2D eigenvalue weighted by molar-refractivity contribution is -0.118. The van der Waals surface area contributed by atoms with E-state index in [0.29, 0.717) is 11.7 Å². The number of benzene rings is 2. The number of nitrogens with zero attached hydrogens (tertiary/aromatic N) is 3. The molecule has 33 heavy (non-hydrogen) atoms. The van der Waals surface area contributed by atoms with Crippen molar-refractivity contribution in [3.63, 3.8) is 0 Å². The van der Waals surface area contributed by atoms with Crippen molar-refractivity contribution in [2.24, 2.45) is 0 Å². The molecule has 0 radical (unpaired) electrons. The second kappa shape index (κ2) is 10.8. The smallest absolute Gasteiger partial charge is 0.233 e. The van der Waals surface area contributed by atoms with Gasteiger partial charge < -0.3 is 4.90 Å². The molecule has 8 heteroatoms. The summed E-state index contributed by atoms with van der Waals surface area (Å²) in [5.41, 5.74) is 2.84. The minimum absolute atomic E-state index is 0.0441. The van der Waals surface area contributed by atoms with Crippen LogP contribution < -0.4 is 4.90 Å². The summed E-state index contributed by atoms with van der Waals surface area (Å²) in [4.78, 5) is 22.5. The number of sulfone groups is 1. The van der Waals surface area contributed by atoms with Crippen LogP contribution in [0, 0.1) is 6.92 Å². The Balaban J connectivity index is 1.85. The highest BCUT2D eigenvalue weighted by atomic mass is 32.2. The first kappa shape index (κ1) is 25.3. The SMILES string of the molecule is CCN(CC)CCN(C(=O)Cc1ccc(S(=O)(=O)C(C)C)cc1)c1nc2ccc(C)cc2s1. The Hall–Kier alpha value is -2.29. The van der Waals surface area contributed by atoms with Gasteiger partial charge in [-0.1, -0.05) is 43.4 Å². The first-order chi connectivity index (χ1) is 15.6. The van der Waals surface area contributed by atoms with Gasteiger partial charge in [0, 0.05) is 13.1 Å². The normalized spacial score (nSPS) is 12.1. The maximum absolute atomic E-state index is 13.4. The van der Waals surface area contributed by atoms with Crippen molar-refractivity contribution in [3.8, 4) is 0 Å². The fourth-order valence-electron chi connectivity index (χ4n) is 3.58. The van der Waals surface area contributed by atoms with Gasteiger partial charge in [0.15, 0.2) is 15.0 Å². The lowest BCUT2D eigenvalue weighted by atomic mass is 10.1. The Bertz CT molecular complexity index is 1200. The fourth-order valence-corrected chi connectivity index (χ4v) is 5.75. The molecule has 0 saturated carbocycles. The van der Waals surface area contributed by atoms with Crippen LogP contribution >= 0.6 is 11.3 Å². The molecule has 3 rings (SSSR count). The van der Waals surface area contributed by atoms with E-state index in [4.69, 9.17) is 4.98 Å². The van der Waals surface area contributed by atoms with Gasteiger partial charge in [-0.25, -0.2) is 13.4 Å². The van der Waals surface area contributed by atoms with E-state index in [-0.39, 0.29) is 17.2 Å². The van der Waals surface area contributed by atoms with Gasteiger partial charge in [0.2, 0.25) is 5.91 Å². The Morgan fingerprint density at radius 3 is 2.30 bits per heavy atom. The van der Waals surface area contributed by atoms with Gasteiger partial charge in [0.25, 0.3) is 0 Å². The summed E-state index contributed by atoms with van der Waals surface area (Å²) in [7, 11) is -3.33. The molecule has 0 spiro atoms. The van der Waals surface area contributed by atoms with E-state index >= 15 is 0 Å².